The van der Waals surface area contributed by atoms with Gasteiger partial charge >= 0.3 is 11.9 Å². The van der Waals surface area contributed by atoms with Crippen molar-refractivity contribution in [2.45, 2.75) is 6.10 Å². The van der Waals surface area contributed by atoms with Crippen molar-refractivity contribution in [3.05, 3.63) is 17.5 Å². The van der Waals surface area contributed by atoms with Crippen molar-refractivity contribution in [2.75, 3.05) is 14.2 Å². The maximum Gasteiger partial charge on any atom is 0.341 e. The van der Waals surface area contributed by atoms with E-state index < -0.39 is 18.0 Å². The molecule has 7 heteroatoms. The van der Waals surface area contributed by atoms with Crippen LogP contribution in [0.25, 0.3) is 0 Å². The van der Waals surface area contributed by atoms with Gasteiger partial charge in [0.25, 0.3) is 0 Å². The van der Waals surface area contributed by atoms with Crippen LogP contribution in [-0.4, -0.2) is 41.0 Å². The second kappa shape index (κ2) is 4.75. The molecule has 0 saturated carbocycles. The van der Waals surface area contributed by atoms with E-state index >= 15 is 0 Å². The average Bonchev–Trinajstić information content (AvgIpc) is 2.68. The Morgan fingerprint density at radius 1 is 1.44 bits per heavy atom. The number of methoxy groups -OCH3 is 2. The minimum Gasteiger partial charge on any atom is -0.467 e. The lowest BCUT2D eigenvalue weighted by atomic mass is 10.1. The smallest absolute Gasteiger partial charge is 0.341 e. The Morgan fingerprint density at radius 3 is 2.56 bits per heavy atom. The van der Waals surface area contributed by atoms with E-state index in [1.54, 1.807) is 0 Å². The molecule has 0 saturated heterocycles. The molecule has 1 unspecified atom stereocenters. The minimum atomic E-state index is -1.56. The van der Waals surface area contributed by atoms with Crippen molar-refractivity contribution >= 4 is 11.9 Å². The van der Waals surface area contributed by atoms with Gasteiger partial charge in [0.15, 0.2) is 6.10 Å². The molecule has 0 radical (unpaired) electrons. The Bertz CT molecular complexity index is 412. The van der Waals surface area contributed by atoms with Crippen molar-refractivity contribution < 1.29 is 24.2 Å². The molecule has 0 bridgehead atoms. The van der Waals surface area contributed by atoms with E-state index in [-0.39, 0.29) is 11.3 Å². The zero-order valence-electron chi connectivity index (χ0n) is 9.13. The Morgan fingerprint density at radius 2 is 2.06 bits per heavy atom. The lowest BCUT2D eigenvalue weighted by Gasteiger charge is -2.10. The third kappa shape index (κ3) is 2.03. The van der Waals surface area contributed by atoms with Gasteiger partial charge in [-0.25, -0.2) is 9.59 Å². The lowest BCUT2D eigenvalue weighted by molar-refractivity contribution is -0.151. The van der Waals surface area contributed by atoms with Gasteiger partial charge in [0.05, 0.1) is 26.1 Å². The summed E-state index contributed by atoms with van der Waals surface area (Å²) in [6, 6.07) is 0. The molecule has 0 aliphatic carbocycles. The number of aryl methyl sites for hydroxylation is 1. The molecule has 1 N–H and O–H groups in total. The summed E-state index contributed by atoms with van der Waals surface area (Å²) in [7, 11) is 3.83. The molecular weight excluding hydrogens is 216 g/mol. The topological polar surface area (TPSA) is 90.6 Å². The van der Waals surface area contributed by atoms with Gasteiger partial charge in [0, 0.05) is 7.05 Å². The number of hydrogen-bond donors (Lipinski definition) is 1. The van der Waals surface area contributed by atoms with Gasteiger partial charge in [-0.05, 0) is 0 Å². The number of aliphatic hydroxyl groups excluding tert-OH is 1. The summed E-state index contributed by atoms with van der Waals surface area (Å²) in [6.07, 6.45) is -0.348. The van der Waals surface area contributed by atoms with Crippen molar-refractivity contribution in [2.24, 2.45) is 7.05 Å². The lowest BCUT2D eigenvalue weighted by Crippen LogP contribution is -2.19. The van der Waals surface area contributed by atoms with E-state index in [0.29, 0.717) is 0 Å². The highest BCUT2D eigenvalue weighted by atomic mass is 16.5. The van der Waals surface area contributed by atoms with Crippen molar-refractivity contribution in [3.63, 3.8) is 0 Å². The van der Waals surface area contributed by atoms with Gasteiger partial charge < -0.3 is 14.6 Å². The highest BCUT2D eigenvalue weighted by molar-refractivity contribution is 5.92. The maximum atomic E-state index is 11.3. The van der Waals surface area contributed by atoms with Crippen molar-refractivity contribution in [1.29, 1.82) is 0 Å². The van der Waals surface area contributed by atoms with E-state index in [1.807, 2.05) is 0 Å². The highest BCUT2D eigenvalue weighted by Gasteiger charge is 2.28. The average molecular weight is 228 g/mol. The van der Waals surface area contributed by atoms with E-state index in [2.05, 4.69) is 14.6 Å². The van der Waals surface area contributed by atoms with E-state index in [1.165, 1.54) is 25.0 Å². The molecule has 1 aromatic rings. The Labute approximate surface area is 91.6 Å². The zero-order valence-corrected chi connectivity index (χ0v) is 9.13. The van der Waals surface area contributed by atoms with Gasteiger partial charge in [-0.2, -0.15) is 5.10 Å². The number of aromatic nitrogens is 2. The molecule has 0 aromatic carbocycles. The first-order valence-corrected chi connectivity index (χ1v) is 4.39. The molecule has 0 fully saturated rings. The summed E-state index contributed by atoms with van der Waals surface area (Å²) in [5.41, 5.74) is 0.0709. The van der Waals surface area contributed by atoms with E-state index in [9.17, 15) is 14.7 Å². The molecule has 1 heterocycles. The minimum absolute atomic E-state index is 0.0305. The normalized spacial score (nSPS) is 12.0. The molecule has 1 rings (SSSR count). The van der Waals surface area contributed by atoms with Crippen LogP contribution in [0.15, 0.2) is 6.20 Å². The van der Waals surface area contributed by atoms with Crippen LogP contribution in [-0.2, 0) is 21.3 Å². The van der Waals surface area contributed by atoms with Crippen LogP contribution in [0.1, 0.15) is 22.2 Å². The Balaban J connectivity index is 3.16. The molecule has 0 spiro atoms. The molecule has 0 amide bonds. The molecule has 0 aliphatic heterocycles. The first-order valence-electron chi connectivity index (χ1n) is 4.39. The van der Waals surface area contributed by atoms with Crippen molar-refractivity contribution in [1.82, 2.24) is 9.78 Å². The molecule has 1 aromatic heterocycles. The highest BCUT2D eigenvalue weighted by Crippen LogP contribution is 2.19. The van der Waals surface area contributed by atoms with Gasteiger partial charge in [0.2, 0.25) is 0 Å². The third-order valence-corrected chi connectivity index (χ3v) is 2.07. The fraction of sp³-hybridized carbons (Fsp3) is 0.444. The van der Waals surface area contributed by atoms with Crippen LogP contribution in [0.5, 0.6) is 0 Å². The summed E-state index contributed by atoms with van der Waals surface area (Å²) in [6.45, 7) is 0. The summed E-state index contributed by atoms with van der Waals surface area (Å²) in [5.74, 6) is -1.54. The number of nitrogens with zero attached hydrogens (tertiary/aromatic N) is 2. The van der Waals surface area contributed by atoms with Crippen LogP contribution < -0.4 is 0 Å². The largest absolute Gasteiger partial charge is 0.467 e. The predicted octanol–water partition coefficient (Wildman–Crippen LogP) is -0.587. The maximum absolute atomic E-state index is 11.3. The van der Waals surface area contributed by atoms with Crippen LogP contribution in [0.2, 0.25) is 0 Å². The Hall–Kier alpha value is -1.89. The molecule has 7 nitrogen and oxygen atoms in total. The summed E-state index contributed by atoms with van der Waals surface area (Å²) < 4.78 is 10.1. The fourth-order valence-electron chi connectivity index (χ4n) is 1.26. The SMILES string of the molecule is COC(=O)c1cnn(C)c1C(O)C(=O)OC. The molecular formula is C9H12N2O5. The number of aliphatic hydroxyl groups is 1. The number of rotatable bonds is 3. The standard InChI is InChI=1S/C9H12N2O5/c1-11-6(7(12)9(14)16-3)5(4-10-11)8(13)15-2/h4,7,12H,1-3H3. The number of carbonyl (C=O) groups excluding carboxylic acids is 2. The molecule has 88 valence electrons. The second-order valence-electron chi connectivity index (χ2n) is 2.98. The third-order valence-electron chi connectivity index (χ3n) is 2.07. The van der Waals surface area contributed by atoms with Gasteiger partial charge in [-0.3, -0.25) is 4.68 Å². The van der Waals surface area contributed by atoms with Crippen LogP contribution >= 0.6 is 0 Å². The van der Waals surface area contributed by atoms with Crippen LogP contribution in [0.4, 0.5) is 0 Å². The predicted molar refractivity (Wildman–Crippen MR) is 51.5 cm³/mol. The summed E-state index contributed by atoms with van der Waals surface area (Å²) in [5, 5.41) is 13.4. The number of esters is 2. The Kier molecular flexibility index (Phi) is 3.62. The number of carbonyl (C=O) groups is 2. The first-order chi connectivity index (χ1) is 7.52. The second-order valence-corrected chi connectivity index (χ2v) is 2.98. The molecule has 0 aliphatic rings. The quantitative estimate of drug-likeness (QED) is 0.695. The van der Waals surface area contributed by atoms with Gasteiger partial charge in [-0.15, -0.1) is 0 Å². The fourth-order valence-corrected chi connectivity index (χ4v) is 1.26. The zero-order chi connectivity index (χ0) is 12.3. The summed E-state index contributed by atoms with van der Waals surface area (Å²) >= 11 is 0. The van der Waals surface area contributed by atoms with E-state index in [0.717, 1.165) is 7.11 Å². The number of ether oxygens (including phenoxy) is 2. The van der Waals surface area contributed by atoms with E-state index in [4.69, 9.17) is 0 Å². The van der Waals surface area contributed by atoms with Crippen molar-refractivity contribution in [3.8, 4) is 0 Å². The van der Waals surface area contributed by atoms with Gasteiger partial charge in [-0.1, -0.05) is 0 Å². The van der Waals surface area contributed by atoms with Gasteiger partial charge in [0.1, 0.15) is 5.56 Å². The first kappa shape index (κ1) is 12.2. The summed E-state index contributed by atoms with van der Waals surface area (Å²) in [4.78, 5) is 22.5. The number of hydrogen-bond acceptors (Lipinski definition) is 6. The van der Waals surface area contributed by atoms with Crippen LogP contribution in [0, 0.1) is 0 Å². The van der Waals surface area contributed by atoms with Crippen LogP contribution in [0.3, 0.4) is 0 Å². The molecule has 16 heavy (non-hydrogen) atoms. The monoisotopic (exact) mass is 228 g/mol. The molecule has 1 atom stereocenters.